The number of amides is 3. The lowest BCUT2D eigenvalue weighted by molar-refractivity contribution is -0.117. The lowest BCUT2D eigenvalue weighted by atomic mass is 10.2. The van der Waals surface area contributed by atoms with Crippen molar-refractivity contribution in [2.75, 3.05) is 32.1 Å². The van der Waals surface area contributed by atoms with Crippen LogP contribution in [-0.4, -0.2) is 71.5 Å². The molecule has 0 bridgehead atoms. The molecule has 0 spiro atoms. The van der Waals surface area contributed by atoms with Gasteiger partial charge in [0.2, 0.25) is 15.9 Å². The van der Waals surface area contributed by atoms with E-state index in [1.807, 2.05) is 23.7 Å². The van der Waals surface area contributed by atoms with Crippen molar-refractivity contribution < 1.29 is 22.7 Å². The Kier molecular flexibility index (Phi) is 7.87. The molecule has 32 heavy (non-hydrogen) atoms. The van der Waals surface area contributed by atoms with Crippen LogP contribution in [0.15, 0.2) is 34.3 Å². The summed E-state index contributed by atoms with van der Waals surface area (Å²) in [5.41, 5.74) is 5.57. The van der Waals surface area contributed by atoms with E-state index in [1.54, 1.807) is 24.3 Å². The summed E-state index contributed by atoms with van der Waals surface area (Å²) in [4.78, 5) is 22.8. The molecule has 2 heterocycles. The molecule has 1 aliphatic rings. The maximum atomic E-state index is 13.0. The number of hydrogen-bond donors (Lipinski definition) is 2. The summed E-state index contributed by atoms with van der Waals surface area (Å²) in [6, 6.07) is 5.66. The number of rotatable bonds is 8. The third-order valence-corrected chi connectivity index (χ3v) is 7.42. The first kappa shape index (κ1) is 24.2. The van der Waals surface area contributed by atoms with E-state index in [1.165, 1.54) is 4.31 Å². The molecule has 3 rings (SSSR count). The zero-order chi connectivity index (χ0) is 23.3. The smallest absolute Gasteiger partial charge is 0.318 e. The van der Waals surface area contributed by atoms with Crippen LogP contribution >= 0.6 is 11.8 Å². The topological polar surface area (TPSA) is 150 Å². The molecule has 0 radical (unpaired) electrons. The summed E-state index contributed by atoms with van der Waals surface area (Å²) in [5.74, 6) is 0.131. The molecule has 174 valence electrons. The minimum atomic E-state index is -3.66. The quantitative estimate of drug-likeness (QED) is 0.527. The van der Waals surface area contributed by atoms with Crippen LogP contribution in [0.25, 0.3) is 11.4 Å². The number of sulfonamides is 1. The van der Waals surface area contributed by atoms with E-state index in [-0.39, 0.29) is 16.6 Å². The number of aromatic nitrogens is 3. The number of carbonyl (C=O) groups is 2. The Morgan fingerprint density at radius 1 is 1.25 bits per heavy atom. The monoisotopic (exact) mass is 482 g/mol. The number of nitrogens with two attached hydrogens (primary N) is 1. The Hall–Kier alpha value is -2.48. The Labute approximate surface area is 190 Å². The number of nitrogens with one attached hydrogen (secondary N) is 1. The molecule has 3 N–H and O–H groups in total. The molecule has 11 nitrogen and oxygen atoms in total. The van der Waals surface area contributed by atoms with Crippen LogP contribution in [0.2, 0.25) is 0 Å². The first-order valence-corrected chi connectivity index (χ1v) is 12.4. The second-order valence-corrected chi connectivity index (χ2v) is 10.4. The van der Waals surface area contributed by atoms with Gasteiger partial charge in [0.1, 0.15) is 0 Å². The standard InChI is InChI=1S/C19H26N6O5S2/c1-13(2)11-25-17(22-23-19(25)31-12-16(26)21-18(20)27)14-4-3-5-15(10-14)32(28,29)24-6-8-30-9-7-24/h3-5,10,13H,6-9,11-12H2,1-2H3,(H3,20,21,26,27). The molecule has 0 unspecified atom stereocenters. The van der Waals surface area contributed by atoms with Crippen molar-refractivity contribution in [2.24, 2.45) is 11.7 Å². The van der Waals surface area contributed by atoms with Crippen molar-refractivity contribution >= 4 is 33.7 Å². The van der Waals surface area contributed by atoms with Crippen LogP contribution in [0.1, 0.15) is 13.8 Å². The van der Waals surface area contributed by atoms with Gasteiger partial charge in [-0.3, -0.25) is 10.1 Å². The number of ether oxygens (including phenoxy) is 1. The van der Waals surface area contributed by atoms with Crippen molar-refractivity contribution in [3.8, 4) is 11.4 Å². The number of primary amides is 1. The van der Waals surface area contributed by atoms with Crippen molar-refractivity contribution in [3.05, 3.63) is 24.3 Å². The van der Waals surface area contributed by atoms with Crippen molar-refractivity contribution in [3.63, 3.8) is 0 Å². The number of benzene rings is 1. The maximum absolute atomic E-state index is 13.0. The Bertz CT molecular complexity index is 1080. The second-order valence-electron chi connectivity index (χ2n) is 7.56. The van der Waals surface area contributed by atoms with Crippen LogP contribution in [0.3, 0.4) is 0 Å². The summed E-state index contributed by atoms with van der Waals surface area (Å²) in [6.45, 7) is 5.96. The third-order valence-electron chi connectivity index (χ3n) is 4.56. The molecular formula is C19H26N6O5S2. The molecule has 13 heteroatoms. The molecule has 3 amide bonds. The van der Waals surface area contributed by atoms with Gasteiger partial charge in [-0.1, -0.05) is 37.7 Å². The van der Waals surface area contributed by atoms with Crippen molar-refractivity contribution in [1.29, 1.82) is 0 Å². The van der Waals surface area contributed by atoms with Crippen molar-refractivity contribution in [2.45, 2.75) is 30.4 Å². The van der Waals surface area contributed by atoms with E-state index >= 15 is 0 Å². The van der Waals surface area contributed by atoms with E-state index in [4.69, 9.17) is 10.5 Å². The zero-order valence-electron chi connectivity index (χ0n) is 17.9. The predicted octanol–water partition coefficient (Wildman–Crippen LogP) is 0.909. The number of morpholine rings is 1. The van der Waals surface area contributed by atoms with E-state index in [9.17, 15) is 18.0 Å². The number of imide groups is 1. The zero-order valence-corrected chi connectivity index (χ0v) is 19.5. The molecule has 1 aromatic heterocycles. The lowest BCUT2D eigenvalue weighted by Crippen LogP contribution is -2.40. The minimum Gasteiger partial charge on any atom is -0.379 e. The highest BCUT2D eigenvalue weighted by Gasteiger charge is 2.27. The highest BCUT2D eigenvalue weighted by Crippen LogP contribution is 2.28. The van der Waals surface area contributed by atoms with Gasteiger partial charge in [-0.2, -0.15) is 4.31 Å². The predicted molar refractivity (Wildman–Crippen MR) is 118 cm³/mol. The van der Waals surface area contributed by atoms with Gasteiger partial charge >= 0.3 is 6.03 Å². The van der Waals surface area contributed by atoms with E-state index in [0.29, 0.717) is 49.4 Å². The van der Waals surface area contributed by atoms with Gasteiger partial charge < -0.3 is 15.0 Å². The Morgan fingerprint density at radius 3 is 2.62 bits per heavy atom. The normalized spacial score (nSPS) is 15.1. The summed E-state index contributed by atoms with van der Waals surface area (Å²) >= 11 is 1.12. The fourth-order valence-corrected chi connectivity index (χ4v) is 5.38. The van der Waals surface area contributed by atoms with Crippen molar-refractivity contribution in [1.82, 2.24) is 24.4 Å². The van der Waals surface area contributed by atoms with Crippen LogP contribution < -0.4 is 11.1 Å². The van der Waals surface area contributed by atoms with Gasteiger partial charge in [-0.05, 0) is 18.1 Å². The van der Waals surface area contributed by atoms with E-state index in [2.05, 4.69) is 10.2 Å². The van der Waals surface area contributed by atoms with Gasteiger partial charge in [0, 0.05) is 25.2 Å². The fraction of sp³-hybridized carbons (Fsp3) is 0.474. The molecule has 0 saturated carbocycles. The molecule has 0 atom stereocenters. The van der Waals surface area contributed by atoms with Gasteiger partial charge in [0.25, 0.3) is 0 Å². The fourth-order valence-electron chi connectivity index (χ4n) is 3.17. The van der Waals surface area contributed by atoms with E-state index < -0.39 is 22.0 Å². The summed E-state index contributed by atoms with van der Waals surface area (Å²) in [7, 11) is -3.66. The number of nitrogens with zero attached hydrogens (tertiary/aromatic N) is 4. The van der Waals surface area contributed by atoms with Gasteiger partial charge in [0.05, 0.1) is 23.9 Å². The summed E-state index contributed by atoms with van der Waals surface area (Å²) in [5, 5.41) is 10.9. The summed E-state index contributed by atoms with van der Waals surface area (Å²) in [6.07, 6.45) is 0. The molecule has 1 aromatic carbocycles. The molecular weight excluding hydrogens is 456 g/mol. The SMILES string of the molecule is CC(C)Cn1c(SCC(=O)NC(N)=O)nnc1-c1cccc(S(=O)(=O)N2CCOCC2)c1. The van der Waals surface area contributed by atoms with Crippen LogP contribution in [0.5, 0.6) is 0 Å². The highest BCUT2D eigenvalue weighted by atomic mass is 32.2. The highest BCUT2D eigenvalue weighted by molar-refractivity contribution is 7.99. The largest absolute Gasteiger partial charge is 0.379 e. The van der Waals surface area contributed by atoms with Gasteiger partial charge in [0.15, 0.2) is 11.0 Å². The molecule has 1 aliphatic heterocycles. The number of carbonyl (C=O) groups excluding carboxylic acids is 2. The Morgan fingerprint density at radius 2 is 1.97 bits per heavy atom. The Balaban J connectivity index is 1.90. The second kappa shape index (κ2) is 10.4. The first-order valence-electron chi connectivity index (χ1n) is 10.0. The molecule has 1 saturated heterocycles. The number of urea groups is 1. The lowest BCUT2D eigenvalue weighted by Gasteiger charge is -2.26. The average molecular weight is 483 g/mol. The van der Waals surface area contributed by atoms with Crippen LogP contribution in [0.4, 0.5) is 4.79 Å². The van der Waals surface area contributed by atoms with Crippen LogP contribution in [0, 0.1) is 5.92 Å². The third kappa shape index (κ3) is 5.85. The minimum absolute atomic E-state index is 0.0649. The molecule has 2 aromatic rings. The number of thioether (sulfide) groups is 1. The summed E-state index contributed by atoms with van der Waals surface area (Å²) < 4.78 is 34.6. The molecule has 1 fully saturated rings. The molecule has 0 aliphatic carbocycles. The van der Waals surface area contributed by atoms with Crippen LogP contribution in [-0.2, 0) is 26.1 Å². The van der Waals surface area contributed by atoms with Gasteiger partial charge in [-0.25, -0.2) is 13.2 Å². The van der Waals surface area contributed by atoms with E-state index in [0.717, 1.165) is 11.8 Å². The van der Waals surface area contributed by atoms with Gasteiger partial charge in [-0.15, -0.1) is 10.2 Å². The maximum Gasteiger partial charge on any atom is 0.318 e. The average Bonchev–Trinajstić information content (AvgIpc) is 3.14. The first-order chi connectivity index (χ1) is 15.2. The number of hydrogen-bond acceptors (Lipinski definition) is 8.